The van der Waals surface area contributed by atoms with Crippen molar-refractivity contribution in [2.45, 2.75) is 38.3 Å². The van der Waals surface area contributed by atoms with Crippen molar-refractivity contribution in [1.29, 1.82) is 0 Å². The first kappa shape index (κ1) is 14.4. The van der Waals surface area contributed by atoms with Crippen molar-refractivity contribution in [3.63, 3.8) is 0 Å². The van der Waals surface area contributed by atoms with E-state index in [1.807, 2.05) is 5.51 Å². The fraction of sp³-hybridized carbons (Fsp3) is 0.800. The molecule has 2 aliphatic rings. The fourth-order valence-electron chi connectivity index (χ4n) is 3.06. The summed E-state index contributed by atoms with van der Waals surface area (Å²) in [6, 6.07) is 0.790. The second kappa shape index (κ2) is 6.52. The molecule has 2 heterocycles. The molecule has 2 fully saturated rings. The normalized spacial score (nSPS) is 22.3. The molecule has 5 heteroatoms. The third-order valence-electron chi connectivity index (χ3n) is 4.42. The van der Waals surface area contributed by atoms with Crippen LogP contribution in [0.5, 0.6) is 0 Å². The Balaban J connectivity index is 1.56. The van der Waals surface area contributed by atoms with Crippen molar-refractivity contribution in [2.24, 2.45) is 5.41 Å². The number of thiazole rings is 1. The zero-order valence-corrected chi connectivity index (χ0v) is 13.1. The maximum Gasteiger partial charge on any atom is 0.0795 e. The summed E-state index contributed by atoms with van der Waals surface area (Å²) in [5.41, 5.74) is 3.49. The van der Waals surface area contributed by atoms with Gasteiger partial charge in [0, 0.05) is 44.3 Å². The molecule has 0 spiro atoms. The molecule has 0 amide bonds. The number of nitrogens with zero attached hydrogens (tertiary/aromatic N) is 2. The predicted octanol–water partition coefficient (Wildman–Crippen LogP) is 2.12. The lowest BCUT2D eigenvalue weighted by Gasteiger charge is -2.40. The standard InChI is InChI=1S/C15H25N3OS/c1-18(8-14-9-20-12-17-14)11-15(4-6-19-7-5-15)10-16-13-2-3-13/h9,12-13,16H,2-8,10-11H2,1H3. The van der Waals surface area contributed by atoms with E-state index in [4.69, 9.17) is 4.74 Å². The van der Waals surface area contributed by atoms with Crippen molar-refractivity contribution in [1.82, 2.24) is 15.2 Å². The molecule has 20 heavy (non-hydrogen) atoms. The number of rotatable bonds is 7. The van der Waals surface area contributed by atoms with E-state index in [1.54, 1.807) is 11.3 Å². The highest BCUT2D eigenvalue weighted by Gasteiger charge is 2.35. The van der Waals surface area contributed by atoms with Crippen LogP contribution in [0, 0.1) is 5.41 Å². The van der Waals surface area contributed by atoms with Crippen molar-refractivity contribution in [3.05, 3.63) is 16.6 Å². The molecule has 1 aliphatic heterocycles. The summed E-state index contributed by atoms with van der Waals surface area (Å²) >= 11 is 1.68. The van der Waals surface area contributed by atoms with Gasteiger partial charge in [0.2, 0.25) is 0 Å². The van der Waals surface area contributed by atoms with Gasteiger partial charge in [0.05, 0.1) is 11.2 Å². The van der Waals surface area contributed by atoms with Gasteiger partial charge in [-0.15, -0.1) is 11.3 Å². The van der Waals surface area contributed by atoms with Gasteiger partial charge in [-0.1, -0.05) is 0 Å². The van der Waals surface area contributed by atoms with Crippen LogP contribution in [0.1, 0.15) is 31.4 Å². The van der Waals surface area contributed by atoms with Crippen LogP contribution in [0.15, 0.2) is 10.9 Å². The summed E-state index contributed by atoms with van der Waals surface area (Å²) in [7, 11) is 2.22. The van der Waals surface area contributed by atoms with E-state index in [1.165, 1.54) is 31.4 Å². The van der Waals surface area contributed by atoms with Crippen LogP contribution in [-0.4, -0.2) is 49.3 Å². The Morgan fingerprint density at radius 2 is 2.25 bits per heavy atom. The zero-order valence-electron chi connectivity index (χ0n) is 12.3. The first-order chi connectivity index (χ1) is 9.76. The van der Waals surface area contributed by atoms with Crippen LogP contribution in [0.4, 0.5) is 0 Å². The molecule has 4 nitrogen and oxygen atoms in total. The summed E-state index contributed by atoms with van der Waals surface area (Å²) < 4.78 is 5.58. The summed E-state index contributed by atoms with van der Waals surface area (Å²) in [5.74, 6) is 0. The molecular formula is C15H25N3OS. The van der Waals surface area contributed by atoms with Gasteiger partial charge in [-0.05, 0) is 38.1 Å². The summed E-state index contributed by atoms with van der Waals surface area (Å²) in [6.45, 7) is 5.05. The lowest BCUT2D eigenvalue weighted by atomic mass is 9.79. The number of hydrogen-bond acceptors (Lipinski definition) is 5. The average Bonchev–Trinajstić information content (AvgIpc) is 3.15. The summed E-state index contributed by atoms with van der Waals surface area (Å²) in [5, 5.41) is 5.88. The molecule has 0 radical (unpaired) electrons. The van der Waals surface area contributed by atoms with Crippen molar-refractivity contribution >= 4 is 11.3 Å². The topological polar surface area (TPSA) is 37.4 Å². The van der Waals surface area contributed by atoms with Crippen molar-refractivity contribution in [3.8, 4) is 0 Å². The lowest BCUT2D eigenvalue weighted by Crippen LogP contribution is -2.46. The van der Waals surface area contributed by atoms with Gasteiger partial charge in [-0.2, -0.15) is 0 Å². The van der Waals surface area contributed by atoms with Crippen LogP contribution in [-0.2, 0) is 11.3 Å². The molecular weight excluding hydrogens is 270 g/mol. The van der Waals surface area contributed by atoms with Crippen LogP contribution in [0.25, 0.3) is 0 Å². The molecule has 1 aliphatic carbocycles. The Morgan fingerprint density at radius 3 is 2.90 bits per heavy atom. The Morgan fingerprint density at radius 1 is 1.45 bits per heavy atom. The largest absolute Gasteiger partial charge is 0.381 e. The molecule has 1 N–H and O–H groups in total. The van der Waals surface area contributed by atoms with E-state index >= 15 is 0 Å². The van der Waals surface area contributed by atoms with Gasteiger partial charge in [-0.3, -0.25) is 4.90 Å². The Hall–Kier alpha value is -0.490. The number of hydrogen-bond donors (Lipinski definition) is 1. The van der Waals surface area contributed by atoms with Crippen LogP contribution >= 0.6 is 11.3 Å². The van der Waals surface area contributed by atoms with Gasteiger partial charge < -0.3 is 10.1 Å². The molecule has 0 bridgehead atoms. The lowest BCUT2D eigenvalue weighted by molar-refractivity contribution is -0.00194. The number of ether oxygens (including phenoxy) is 1. The van der Waals surface area contributed by atoms with E-state index in [0.29, 0.717) is 5.41 Å². The minimum absolute atomic E-state index is 0.381. The van der Waals surface area contributed by atoms with Gasteiger partial charge in [0.25, 0.3) is 0 Å². The predicted molar refractivity (Wildman–Crippen MR) is 82.0 cm³/mol. The minimum Gasteiger partial charge on any atom is -0.381 e. The second-order valence-electron chi connectivity index (χ2n) is 6.42. The van der Waals surface area contributed by atoms with Crippen molar-refractivity contribution < 1.29 is 4.74 Å². The quantitative estimate of drug-likeness (QED) is 0.836. The van der Waals surface area contributed by atoms with E-state index in [2.05, 4.69) is 27.6 Å². The third kappa shape index (κ3) is 4.01. The van der Waals surface area contributed by atoms with Gasteiger partial charge in [0.15, 0.2) is 0 Å². The molecule has 112 valence electrons. The third-order valence-corrected chi connectivity index (χ3v) is 5.05. The summed E-state index contributed by atoms with van der Waals surface area (Å²) in [4.78, 5) is 6.82. The van der Waals surface area contributed by atoms with Gasteiger partial charge in [-0.25, -0.2) is 4.98 Å². The molecule has 1 saturated heterocycles. The number of aromatic nitrogens is 1. The van der Waals surface area contributed by atoms with Crippen LogP contribution < -0.4 is 5.32 Å². The fourth-order valence-corrected chi connectivity index (χ4v) is 3.61. The molecule has 0 unspecified atom stereocenters. The smallest absolute Gasteiger partial charge is 0.0795 e. The molecule has 1 saturated carbocycles. The first-order valence-electron chi connectivity index (χ1n) is 7.63. The number of nitrogens with one attached hydrogen (secondary N) is 1. The highest BCUT2D eigenvalue weighted by Crippen LogP contribution is 2.32. The maximum atomic E-state index is 5.58. The second-order valence-corrected chi connectivity index (χ2v) is 7.14. The van der Waals surface area contributed by atoms with E-state index < -0.39 is 0 Å². The van der Waals surface area contributed by atoms with E-state index in [-0.39, 0.29) is 0 Å². The van der Waals surface area contributed by atoms with Gasteiger partial charge >= 0.3 is 0 Å². The molecule has 3 rings (SSSR count). The summed E-state index contributed by atoms with van der Waals surface area (Å²) in [6.07, 6.45) is 5.07. The Bertz CT molecular complexity index is 399. The maximum absolute atomic E-state index is 5.58. The van der Waals surface area contributed by atoms with Crippen LogP contribution in [0.2, 0.25) is 0 Å². The van der Waals surface area contributed by atoms with Crippen molar-refractivity contribution in [2.75, 3.05) is 33.4 Å². The highest BCUT2D eigenvalue weighted by atomic mass is 32.1. The molecule has 1 aromatic heterocycles. The van der Waals surface area contributed by atoms with Gasteiger partial charge in [0.1, 0.15) is 0 Å². The molecule has 1 aromatic rings. The Kier molecular flexibility index (Phi) is 4.71. The SMILES string of the molecule is CN(Cc1cscn1)CC1(CNC2CC2)CCOCC1. The van der Waals surface area contributed by atoms with E-state index in [9.17, 15) is 0 Å². The first-order valence-corrected chi connectivity index (χ1v) is 8.57. The highest BCUT2D eigenvalue weighted by molar-refractivity contribution is 7.07. The average molecular weight is 295 g/mol. The molecule has 0 atom stereocenters. The van der Waals surface area contributed by atoms with Crippen LogP contribution in [0.3, 0.4) is 0 Å². The minimum atomic E-state index is 0.381. The zero-order chi connectivity index (χ0) is 13.8. The van der Waals surface area contributed by atoms with E-state index in [0.717, 1.165) is 38.9 Å². The Labute approximate surface area is 125 Å². The molecule has 0 aromatic carbocycles. The monoisotopic (exact) mass is 295 g/mol.